The van der Waals surface area contributed by atoms with Crippen LogP contribution < -0.4 is 5.73 Å². The van der Waals surface area contributed by atoms with Crippen LogP contribution in [0.4, 0.5) is 5.82 Å². The number of nitrogens with zero attached hydrogens (tertiary/aromatic N) is 2. The molecule has 0 spiro atoms. The molecule has 1 aromatic rings. The van der Waals surface area contributed by atoms with Crippen LogP contribution in [0.5, 0.6) is 0 Å². The normalized spacial score (nSPS) is 9.12. The molecule has 3 nitrogen and oxygen atoms in total. The molecule has 0 saturated heterocycles. The van der Waals surface area contributed by atoms with E-state index in [0.29, 0.717) is 11.5 Å². The van der Waals surface area contributed by atoms with Crippen molar-refractivity contribution in [2.45, 2.75) is 0 Å². The Morgan fingerprint density at radius 2 is 2.00 bits per heavy atom. The van der Waals surface area contributed by atoms with Gasteiger partial charge in [0.1, 0.15) is 5.82 Å². The molecule has 0 atom stereocenters. The third kappa shape index (κ3) is 0.753. The molecule has 0 fully saturated rings. The molecular formula is C5H6N3. The van der Waals surface area contributed by atoms with Gasteiger partial charge in [-0.2, -0.15) is 0 Å². The Morgan fingerprint density at radius 1 is 1.38 bits per heavy atom. The lowest BCUT2D eigenvalue weighted by Crippen LogP contribution is -1.94. The molecule has 0 aliphatic carbocycles. The number of hydrogen-bond acceptors (Lipinski definition) is 3. The van der Waals surface area contributed by atoms with Crippen molar-refractivity contribution >= 4 is 5.82 Å². The Morgan fingerprint density at radius 3 is 2.38 bits per heavy atom. The molecule has 1 rings (SSSR count). The van der Waals surface area contributed by atoms with Crippen molar-refractivity contribution in [1.29, 1.82) is 0 Å². The van der Waals surface area contributed by atoms with Crippen LogP contribution in [0.15, 0.2) is 12.4 Å². The standard InChI is InChI=1S/C5H6N3/c1-4-5(6)8-3-2-7-4/h2-3H,1H2,(H2,6,8). The zero-order chi connectivity index (χ0) is 5.98. The molecule has 0 unspecified atom stereocenters. The predicted molar refractivity (Wildman–Crippen MR) is 30.9 cm³/mol. The fourth-order valence-corrected chi connectivity index (χ4v) is 0.378. The Balaban J connectivity index is 3.13. The van der Waals surface area contributed by atoms with Gasteiger partial charge in [0, 0.05) is 12.4 Å². The Bertz CT molecular complexity index is 164. The van der Waals surface area contributed by atoms with Gasteiger partial charge in [0.05, 0.1) is 5.69 Å². The average Bonchev–Trinajstić information content (AvgIpc) is 1.77. The predicted octanol–water partition coefficient (Wildman–Crippen LogP) is 0.241. The third-order valence-electron chi connectivity index (χ3n) is 0.806. The molecule has 0 aliphatic rings. The van der Waals surface area contributed by atoms with Crippen molar-refractivity contribution in [3.8, 4) is 0 Å². The van der Waals surface area contributed by atoms with Crippen molar-refractivity contribution in [2.24, 2.45) is 0 Å². The van der Waals surface area contributed by atoms with E-state index in [2.05, 4.69) is 16.9 Å². The fraction of sp³-hybridized carbons (Fsp3) is 0. The monoisotopic (exact) mass is 108 g/mol. The topological polar surface area (TPSA) is 51.8 Å². The van der Waals surface area contributed by atoms with Gasteiger partial charge in [-0.3, -0.25) is 4.98 Å². The van der Waals surface area contributed by atoms with E-state index in [-0.39, 0.29) is 0 Å². The Kier molecular flexibility index (Phi) is 1.12. The van der Waals surface area contributed by atoms with Crippen LogP contribution >= 0.6 is 0 Å². The van der Waals surface area contributed by atoms with Gasteiger partial charge in [0.15, 0.2) is 0 Å². The van der Waals surface area contributed by atoms with Gasteiger partial charge in [-0.1, -0.05) is 0 Å². The molecule has 1 aromatic heterocycles. The molecule has 1 heterocycles. The third-order valence-corrected chi connectivity index (χ3v) is 0.806. The summed E-state index contributed by atoms with van der Waals surface area (Å²) >= 11 is 0. The van der Waals surface area contributed by atoms with Crippen molar-refractivity contribution in [1.82, 2.24) is 9.97 Å². The zero-order valence-electron chi connectivity index (χ0n) is 4.33. The van der Waals surface area contributed by atoms with Gasteiger partial charge < -0.3 is 5.73 Å². The van der Waals surface area contributed by atoms with Crippen LogP contribution in [0.2, 0.25) is 0 Å². The number of nitrogen functional groups attached to an aromatic ring is 1. The van der Waals surface area contributed by atoms with Crippen LogP contribution in [-0.2, 0) is 0 Å². The van der Waals surface area contributed by atoms with Crippen LogP contribution in [0, 0.1) is 6.92 Å². The first-order valence-corrected chi connectivity index (χ1v) is 2.19. The maximum atomic E-state index is 5.28. The number of rotatable bonds is 0. The molecule has 0 amide bonds. The molecular weight excluding hydrogens is 102 g/mol. The first-order valence-electron chi connectivity index (χ1n) is 2.19. The lowest BCUT2D eigenvalue weighted by Gasteiger charge is -1.91. The minimum Gasteiger partial charge on any atom is -0.382 e. The molecule has 0 aromatic carbocycles. The lowest BCUT2D eigenvalue weighted by atomic mass is 10.5. The summed E-state index contributed by atoms with van der Waals surface area (Å²) < 4.78 is 0. The fourth-order valence-electron chi connectivity index (χ4n) is 0.378. The summed E-state index contributed by atoms with van der Waals surface area (Å²) in [6.45, 7) is 3.52. The van der Waals surface area contributed by atoms with E-state index in [1.165, 1.54) is 6.20 Å². The lowest BCUT2D eigenvalue weighted by molar-refractivity contribution is 1.17. The summed E-state index contributed by atoms with van der Waals surface area (Å²) in [5.41, 5.74) is 5.82. The van der Waals surface area contributed by atoms with Crippen molar-refractivity contribution in [3.63, 3.8) is 0 Å². The summed E-state index contributed by atoms with van der Waals surface area (Å²) in [5.74, 6) is 0.396. The molecule has 41 valence electrons. The van der Waals surface area contributed by atoms with Crippen molar-refractivity contribution in [3.05, 3.63) is 25.0 Å². The highest BCUT2D eigenvalue weighted by Crippen LogP contribution is 1.97. The number of aromatic nitrogens is 2. The molecule has 2 N–H and O–H groups in total. The molecule has 8 heavy (non-hydrogen) atoms. The summed E-state index contributed by atoms with van der Waals surface area (Å²) in [5, 5.41) is 0. The summed E-state index contributed by atoms with van der Waals surface area (Å²) in [7, 11) is 0. The largest absolute Gasteiger partial charge is 0.382 e. The smallest absolute Gasteiger partial charge is 0.145 e. The Hall–Kier alpha value is -1.12. The maximum Gasteiger partial charge on any atom is 0.145 e. The summed E-state index contributed by atoms with van der Waals surface area (Å²) in [6.07, 6.45) is 3.09. The molecule has 0 bridgehead atoms. The van der Waals surface area contributed by atoms with Gasteiger partial charge in [-0.15, -0.1) is 0 Å². The van der Waals surface area contributed by atoms with Gasteiger partial charge in [-0.25, -0.2) is 4.98 Å². The van der Waals surface area contributed by atoms with E-state index >= 15 is 0 Å². The average molecular weight is 108 g/mol. The molecule has 0 saturated carbocycles. The summed E-state index contributed by atoms with van der Waals surface area (Å²) in [4.78, 5) is 7.51. The van der Waals surface area contributed by atoms with E-state index in [9.17, 15) is 0 Å². The minimum atomic E-state index is 0.396. The SMILES string of the molecule is [CH2]c1nccnc1N. The van der Waals surface area contributed by atoms with E-state index in [0.717, 1.165) is 0 Å². The van der Waals surface area contributed by atoms with Crippen molar-refractivity contribution < 1.29 is 0 Å². The van der Waals surface area contributed by atoms with Gasteiger partial charge in [-0.05, 0) is 6.92 Å². The van der Waals surface area contributed by atoms with E-state index < -0.39 is 0 Å². The minimum absolute atomic E-state index is 0.396. The molecule has 3 heteroatoms. The number of hydrogen-bond donors (Lipinski definition) is 1. The van der Waals surface area contributed by atoms with Crippen LogP contribution in [0.25, 0.3) is 0 Å². The van der Waals surface area contributed by atoms with Gasteiger partial charge >= 0.3 is 0 Å². The van der Waals surface area contributed by atoms with E-state index in [1.54, 1.807) is 6.20 Å². The number of anilines is 1. The number of nitrogens with two attached hydrogens (primary N) is 1. The highest BCUT2D eigenvalue weighted by atomic mass is 14.9. The van der Waals surface area contributed by atoms with Crippen molar-refractivity contribution in [2.75, 3.05) is 5.73 Å². The van der Waals surface area contributed by atoms with Crippen LogP contribution in [-0.4, -0.2) is 9.97 Å². The van der Waals surface area contributed by atoms with Gasteiger partial charge in [0.25, 0.3) is 0 Å². The first-order chi connectivity index (χ1) is 3.80. The second-order valence-electron chi connectivity index (χ2n) is 1.39. The molecule has 1 radical (unpaired) electrons. The highest BCUT2D eigenvalue weighted by Gasteiger charge is 1.88. The molecule has 0 aliphatic heterocycles. The quantitative estimate of drug-likeness (QED) is 0.518. The summed E-state index contributed by atoms with van der Waals surface area (Å²) in [6, 6.07) is 0. The first kappa shape index (κ1) is 5.03. The van der Waals surface area contributed by atoms with E-state index in [4.69, 9.17) is 5.73 Å². The van der Waals surface area contributed by atoms with Crippen LogP contribution in [0.1, 0.15) is 5.69 Å². The van der Waals surface area contributed by atoms with Crippen LogP contribution in [0.3, 0.4) is 0 Å². The second-order valence-corrected chi connectivity index (χ2v) is 1.39. The zero-order valence-corrected chi connectivity index (χ0v) is 4.33. The van der Waals surface area contributed by atoms with Gasteiger partial charge in [0.2, 0.25) is 0 Å². The van der Waals surface area contributed by atoms with E-state index in [1.807, 2.05) is 0 Å². The second kappa shape index (κ2) is 1.78. The Labute approximate surface area is 47.6 Å². The highest BCUT2D eigenvalue weighted by molar-refractivity contribution is 5.34. The maximum absolute atomic E-state index is 5.28.